The molecule has 47 heavy (non-hydrogen) atoms. The third-order valence-corrected chi connectivity index (χ3v) is 13.9. The molecule has 11 heteroatoms. The molecule has 1 amide bonds. The fraction of sp³-hybridized carbons (Fsp3) is 0.611. The molecular weight excluding hydrogens is 638 g/mol. The number of fused-ring (bicyclic) bond motifs is 4. The molecule has 254 valence electrons. The van der Waals surface area contributed by atoms with Gasteiger partial charge >= 0.3 is 0 Å². The number of carbonyl (C=O) groups is 2. The maximum Gasteiger partial charge on any atom is 0.264 e. The van der Waals surface area contributed by atoms with E-state index in [1.807, 2.05) is 13.0 Å². The summed E-state index contributed by atoms with van der Waals surface area (Å²) in [6.07, 6.45) is 5.70. The van der Waals surface area contributed by atoms with Gasteiger partial charge in [-0.3, -0.25) is 14.5 Å². The molecule has 7 rings (SSSR count). The first-order chi connectivity index (χ1) is 22.5. The number of amides is 1. The number of Topliss-reactive ketones (excluding diaryl/α,β-unsaturated/α-hetero) is 1. The molecule has 0 unspecified atom stereocenters. The molecule has 0 aromatic heterocycles. The number of ether oxygens (including phenoxy) is 2. The SMILES string of the molecule is C[C@@H]1[C@@H](C)C[C@H](N2CCOCC2)CC(=O)[C@@H]2CC[C@H]2CN2C[C@@]3(CCCc4cc(Cl)ccc43)COc3ccc(cc32)C(=O)NS1(=O)=O. The molecule has 2 aromatic carbocycles. The van der Waals surface area contributed by atoms with Crippen molar-refractivity contribution in [3.8, 4) is 5.75 Å². The fourth-order valence-corrected chi connectivity index (χ4v) is 10.1. The summed E-state index contributed by atoms with van der Waals surface area (Å²) in [7, 11) is -4.00. The van der Waals surface area contributed by atoms with Gasteiger partial charge in [0.15, 0.2) is 0 Å². The summed E-state index contributed by atoms with van der Waals surface area (Å²) in [6.45, 7) is 8.02. The van der Waals surface area contributed by atoms with E-state index in [2.05, 4.69) is 26.7 Å². The third-order valence-electron chi connectivity index (χ3n) is 11.8. The summed E-state index contributed by atoms with van der Waals surface area (Å²) in [5.74, 6) is 0.165. The van der Waals surface area contributed by atoms with Gasteiger partial charge in [-0.15, -0.1) is 0 Å². The lowest BCUT2D eigenvalue weighted by Crippen LogP contribution is -2.50. The molecule has 1 N–H and O–H groups in total. The standard InChI is InChI=1S/C36H46ClN3O6S/c1-23-16-29(39-12-14-45-15-13-39)19-33(41)30-8-5-27(30)20-40-21-36(11-3-4-25-17-28(37)7-9-31(25)36)22-46-34-10-6-26(18-32(34)40)35(42)38-47(43,44)24(23)2/h6-7,9-10,17-18,23-24,27,29-30H,3-5,8,11-16,19-22H2,1-2H3,(H,38,42)/t23-,24+,27-,29-,30+,36-/m0/s1. The smallest absolute Gasteiger partial charge is 0.264 e. The number of hydrogen-bond acceptors (Lipinski definition) is 8. The Morgan fingerprint density at radius 1 is 1.04 bits per heavy atom. The lowest BCUT2D eigenvalue weighted by atomic mass is 9.68. The van der Waals surface area contributed by atoms with Crippen molar-refractivity contribution >= 4 is 39.0 Å². The molecule has 0 radical (unpaired) electrons. The minimum absolute atomic E-state index is 0.0459. The van der Waals surface area contributed by atoms with Crippen LogP contribution in [0, 0.1) is 17.8 Å². The molecule has 3 heterocycles. The van der Waals surface area contributed by atoms with E-state index < -0.39 is 21.2 Å². The first-order valence-corrected chi connectivity index (χ1v) is 19.2. The van der Waals surface area contributed by atoms with Crippen LogP contribution in [-0.4, -0.2) is 82.3 Å². The first-order valence-electron chi connectivity index (χ1n) is 17.2. The van der Waals surface area contributed by atoms with Gasteiger partial charge in [-0.25, -0.2) is 13.1 Å². The molecule has 2 bridgehead atoms. The Bertz CT molecular complexity index is 1640. The highest BCUT2D eigenvalue weighted by atomic mass is 35.5. The van der Waals surface area contributed by atoms with Crippen molar-refractivity contribution in [3.63, 3.8) is 0 Å². The highest BCUT2D eigenvalue weighted by molar-refractivity contribution is 7.90. The summed E-state index contributed by atoms with van der Waals surface area (Å²) in [6, 6.07) is 11.3. The van der Waals surface area contributed by atoms with Crippen LogP contribution < -0.4 is 14.4 Å². The molecule has 9 nitrogen and oxygen atoms in total. The molecule has 3 aliphatic heterocycles. The number of halogens is 1. The van der Waals surface area contributed by atoms with Gasteiger partial charge in [0, 0.05) is 60.6 Å². The lowest BCUT2D eigenvalue weighted by molar-refractivity contribution is -0.129. The van der Waals surface area contributed by atoms with Crippen molar-refractivity contribution in [1.29, 1.82) is 0 Å². The Kier molecular flexibility index (Phi) is 9.08. The largest absolute Gasteiger partial charge is 0.490 e. The van der Waals surface area contributed by atoms with E-state index in [0.717, 1.165) is 55.9 Å². The number of nitrogens with one attached hydrogen (secondary N) is 1. The van der Waals surface area contributed by atoms with Crippen LogP contribution in [-0.2, 0) is 31.4 Å². The highest BCUT2D eigenvalue weighted by Crippen LogP contribution is 2.46. The predicted octanol–water partition coefficient (Wildman–Crippen LogP) is 4.99. The van der Waals surface area contributed by atoms with Crippen molar-refractivity contribution in [2.24, 2.45) is 17.8 Å². The zero-order chi connectivity index (χ0) is 32.9. The van der Waals surface area contributed by atoms with Crippen LogP contribution in [0.5, 0.6) is 5.75 Å². The quantitative estimate of drug-likeness (QED) is 0.449. The van der Waals surface area contributed by atoms with E-state index in [1.165, 1.54) is 11.1 Å². The average Bonchev–Trinajstić information content (AvgIpc) is 3.18. The number of ketones is 1. The van der Waals surface area contributed by atoms with Crippen molar-refractivity contribution < 1.29 is 27.5 Å². The van der Waals surface area contributed by atoms with Crippen molar-refractivity contribution in [2.75, 3.05) is 50.9 Å². The molecule has 2 fully saturated rings. The Hall–Kier alpha value is -2.66. The molecule has 2 aromatic rings. The van der Waals surface area contributed by atoms with Crippen LogP contribution in [0.1, 0.15) is 73.9 Å². The number of hydrogen-bond donors (Lipinski definition) is 1. The monoisotopic (exact) mass is 683 g/mol. The topological polar surface area (TPSA) is 105 Å². The van der Waals surface area contributed by atoms with Crippen molar-refractivity contribution in [3.05, 3.63) is 58.1 Å². The van der Waals surface area contributed by atoms with Gasteiger partial charge in [-0.1, -0.05) is 24.6 Å². The zero-order valence-electron chi connectivity index (χ0n) is 27.4. The Morgan fingerprint density at radius 2 is 1.85 bits per heavy atom. The second-order valence-electron chi connectivity index (χ2n) is 14.6. The van der Waals surface area contributed by atoms with Crippen molar-refractivity contribution in [1.82, 2.24) is 9.62 Å². The number of benzene rings is 2. The number of nitrogens with zero attached hydrogens (tertiary/aromatic N) is 2. The molecule has 5 aliphatic rings. The first kappa shape index (κ1) is 32.9. The number of aryl methyl sites for hydroxylation is 1. The maximum absolute atomic E-state index is 14.1. The summed E-state index contributed by atoms with van der Waals surface area (Å²) < 4.78 is 41.7. The molecule has 1 spiro atoms. The van der Waals surface area contributed by atoms with Gasteiger partial charge in [0.1, 0.15) is 11.5 Å². The van der Waals surface area contributed by atoms with Crippen LogP contribution in [0.15, 0.2) is 36.4 Å². The van der Waals surface area contributed by atoms with Crippen LogP contribution >= 0.6 is 11.6 Å². The van der Waals surface area contributed by atoms with Crippen LogP contribution in [0.3, 0.4) is 0 Å². The third kappa shape index (κ3) is 6.43. The maximum atomic E-state index is 14.1. The van der Waals surface area contributed by atoms with Crippen LogP contribution in [0.4, 0.5) is 5.69 Å². The van der Waals surface area contributed by atoms with Crippen LogP contribution in [0.25, 0.3) is 0 Å². The summed E-state index contributed by atoms with van der Waals surface area (Å²) >= 11 is 6.43. The summed E-state index contributed by atoms with van der Waals surface area (Å²) in [5.41, 5.74) is 3.24. The number of anilines is 1. The number of carbonyl (C=O) groups excluding carboxylic acids is 2. The summed E-state index contributed by atoms with van der Waals surface area (Å²) in [4.78, 5) is 32.3. The zero-order valence-corrected chi connectivity index (χ0v) is 29.0. The summed E-state index contributed by atoms with van der Waals surface area (Å²) in [5, 5.41) is -0.0981. The van der Waals surface area contributed by atoms with E-state index in [-0.39, 0.29) is 40.6 Å². The molecule has 2 aliphatic carbocycles. The predicted molar refractivity (Wildman–Crippen MR) is 182 cm³/mol. The molecular formula is C36H46ClN3O6S. The number of morpholine rings is 1. The molecule has 6 atom stereocenters. The van der Waals surface area contributed by atoms with Crippen molar-refractivity contribution in [2.45, 2.75) is 75.5 Å². The van der Waals surface area contributed by atoms with Gasteiger partial charge in [-0.2, -0.15) is 0 Å². The van der Waals surface area contributed by atoms with E-state index in [1.54, 1.807) is 25.1 Å². The number of sulfonamides is 1. The normalized spacial score (nSPS) is 33.1. The van der Waals surface area contributed by atoms with Gasteiger partial charge in [0.05, 0.1) is 30.8 Å². The Morgan fingerprint density at radius 3 is 2.62 bits per heavy atom. The second-order valence-corrected chi connectivity index (χ2v) is 17.1. The van der Waals surface area contributed by atoms with Crippen LogP contribution in [0.2, 0.25) is 5.02 Å². The van der Waals surface area contributed by atoms with Gasteiger partial charge in [0.25, 0.3) is 5.91 Å². The minimum atomic E-state index is -4.00. The van der Waals surface area contributed by atoms with Gasteiger partial charge < -0.3 is 14.4 Å². The van der Waals surface area contributed by atoms with Gasteiger partial charge in [0.2, 0.25) is 10.0 Å². The minimum Gasteiger partial charge on any atom is -0.490 e. The fourth-order valence-electron chi connectivity index (χ4n) is 8.65. The van der Waals surface area contributed by atoms with Gasteiger partial charge in [-0.05, 0) is 98.7 Å². The second kappa shape index (κ2) is 13.0. The Balaban J connectivity index is 1.27. The number of rotatable bonds is 1. The highest BCUT2D eigenvalue weighted by Gasteiger charge is 2.45. The van der Waals surface area contributed by atoms with E-state index in [4.69, 9.17) is 21.1 Å². The van der Waals surface area contributed by atoms with E-state index in [0.29, 0.717) is 51.5 Å². The van der Waals surface area contributed by atoms with E-state index >= 15 is 0 Å². The Labute approximate surface area is 283 Å². The molecule has 1 saturated carbocycles. The lowest BCUT2D eigenvalue weighted by Gasteiger charge is -2.45. The average molecular weight is 684 g/mol. The molecule has 1 saturated heterocycles. The van der Waals surface area contributed by atoms with E-state index in [9.17, 15) is 18.0 Å².